The summed E-state index contributed by atoms with van der Waals surface area (Å²) in [5, 5.41) is 15.0. The Bertz CT molecular complexity index is 1690. The van der Waals surface area contributed by atoms with Gasteiger partial charge in [-0.2, -0.15) is 4.98 Å². The van der Waals surface area contributed by atoms with Crippen LogP contribution in [0.15, 0.2) is 79.3 Å². The predicted octanol–water partition coefficient (Wildman–Crippen LogP) is 3.99. The van der Waals surface area contributed by atoms with E-state index in [-0.39, 0.29) is 12.1 Å². The lowest BCUT2D eigenvalue weighted by Crippen LogP contribution is -2.54. The number of hydrogen-bond acceptors (Lipinski definition) is 9. The van der Waals surface area contributed by atoms with Crippen molar-refractivity contribution in [3.8, 4) is 17.1 Å². The number of para-hydroxylation sites is 1. The van der Waals surface area contributed by atoms with Crippen molar-refractivity contribution in [1.29, 1.82) is 0 Å². The number of likely N-dealkylation sites (N-methyl/N-ethyl adjacent to an activating group) is 1. The quantitative estimate of drug-likeness (QED) is 0.282. The highest BCUT2D eigenvalue weighted by molar-refractivity contribution is 5.89. The number of fused-ring (bicyclic) bond motifs is 1. The number of carbonyl (C=O) groups excluding carboxylic acids is 1. The minimum absolute atomic E-state index is 0.0665. The maximum absolute atomic E-state index is 12.8. The number of hydrogen-bond donors (Lipinski definition) is 2. The number of amides is 2. The summed E-state index contributed by atoms with van der Waals surface area (Å²) < 4.78 is 1.95. The molecule has 12 heteroatoms. The average Bonchev–Trinajstić information content (AvgIpc) is 3.46. The van der Waals surface area contributed by atoms with E-state index in [2.05, 4.69) is 42.7 Å². The number of nitrogens with zero attached hydrogens (tertiary/aromatic N) is 9. The third-order valence-electron chi connectivity index (χ3n) is 7.69. The summed E-state index contributed by atoms with van der Waals surface area (Å²) in [5.41, 5.74) is 4.31. The van der Waals surface area contributed by atoms with Gasteiger partial charge in [-0.05, 0) is 55.9 Å². The first-order valence-corrected chi connectivity index (χ1v) is 14.3. The summed E-state index contributed by atoms with van der Waals surface area (Å²) in [6.45, 7) is 2.85. The number of aromatic nitrogens is 6. The van der Waals surface area contributed by atoms with Crippen molar-refractivity contribution in [2.75, 3.05) is 62.9 Å². The molecule has 1 fully saturated rings. The summed E-state index contributed by atoms with van der Waals surface area (Å²) >= 11 is 0. The highest BCUT2D eigenvalue weighted by Gasteiger charge is 2.27. The zero-order chi connectivity index (χ0) is 29.8. The summed E-state index contributed by atoms with van der Waals surface area (Å²) in [4.78, 5) is 32.7. The van der Waals surface area contributed by atoms with E-state index in [1.54, 1.807) is 12.5 Å². The summed E-state index contributed by atoms with van der Waals surface area (Å²) in [6, 6.07) is 21.5. The molecule has 1 aliphatic rings. The Morgan fingerprint density at radius 1 is 1.00 bits per heavy atom. The Balaban J connectivity index is 1.08. The lowest BCUT2D eigenvalue weighted by molar-refractivity contribution is 0.113. The highest BCUT2D eigenvalue weighted by Crippen LogP contribution is 2.25. The number of nitrogens with one attached hydrogen (secondary N) is 2. The third kappa shape index (κ3) is 6.38. The van der Waals surface area contributed by atoms with E-state index < -0.39 is 0 Å². The molecule has 1 unspecified atom stereocenters. The van der Waals surface area contributed by atoms with Crippen molar-refractivity contribution >= 4 is 34.5 Å². The van der Waals surface area contributed by atoms with Crippen LogP contribution in [0.5, 0.6) is 0 Å². The SMILES string of the molecule is CN(C)c1ccc(-c2ccc3c(c2)ncn3-c2ccnc(NCCC3CN(C(=O)Nc4ccccc4)CCN3C)n2)nn1. The Labute approximate surface area is 250 Å². The first-order chi connectivity index (χ1) is 20.9. The minimum Gasteiger partial charge on any atom is -0.361 e. The van der Waals surface area contributed by atoms with Crippen LogP contribution in [-0.2, 0) is 0 Å². The molecular formula is C31H35N11O. The molecule has 0 bridgehead atoms. The zero-order valence-corrected chi connectivity index (χ0v) is 24.6. The molecule has 1 aliphatic heterocycles. The zero-order valence-electron chi connectivity index (χ0n) is 24.6. The molecule has 1 atom stereocenters. The van der Waals surface area contributed by atoms with Crippen LogP contribution in [0.4, 0.5) is 22.2 Å². The van der Waals surface area contributed by atoms with Crippen molar-refractivity contribution in [2.24, 2.45) is 0 Å². The van der Waals surface area contributed by atoms with Crippen LogP contribution in [0.3, 0.4) is 0 Å². The number of imidazole rings is 1. The fraction of sp³-hybridized carbons (Fsp3) is 0.290. The molecule has 43 heavy (non-hydrogen) atoms. The van der Waals surface area contributed by atoms with Gasteiger partial charge in [0, 0.05) is 63.8 Å². The molecular weight excluding hydrogens is 542 g/mol. The molecule has 2 aromatic carbocycles. The Hall–Kier alpha value is -5.10. The number of anilines is 3. The van der Waals surface area contributed by atoms with Crippen LogP contribution in [0.25, 0.3) is 28.1 Å². The third-order valence-corrected chi connectivity index (χ3v) is 7.69. The van der Waals surface area contributed by atoms with Gasteiger partial charge < -0.3 is 20.4 Å². The Kier molecular flexibility index (Phi) is 8.09. The van der Waals surface area contributed by atoms with Crippen molar-refractivity contribution in [1.82, 2.24) is 39.5 Å². The molecule has 0 spiro atoms. The van der Waals surface area contributed by atoms with E-state index in [0.717, 1.165) is 52.6 Å². The van der Waals surface area contributed by atoms with Crippen LogP contribution < -0.4 is 15.5 Å². The van der Waals surface area contributed by atoms with E-state index in [0.29, 0.717) is 25.6 Å². The molecule has 12 nitrogen and oxygen atoms in total. The molecule has 0 aliphatic carbocycles. The fourth-order valence-corrected chi connectivity index (χ4v) is 5.16. The largest absolute Gasteiger partial charge is 0.361 e. The van der Waals surface area contributed by atoms with Crippen LogP contribution >= 0.6 is 0 Å². The molecule has 0 saturated carbocycles. The van der Waals surface area contributed by atoms with Gasteiger partial charge in [0.25, 0.3) is 0 Å². The van der Waals surface area contributed by atoms with E-state index in [1.807, 2.05) is 95.2 Å². The monoisotopic (exact) mass is 577 g/mol. The number of carbonyl (C=O) groups is 1. The lowest BCUT2D eigenvalue weighted by Gasteiger charge is -2.39. The van der Waals surface area contributed by atoms with E-state index >= 15 is 0 Å². The second kappa shape index (κ2) is 12.4. The smallest absolute Gasteiger partial charge is 0.321 e. The Morgan fingerprint density at radius 2 is 1.86 bits per heavy atom. The molecule has 0 radical (unpaired) electrons. The summed E-state index contributed by atoms with van der Waals surface area (Å²) in [7, 11) is 5.98. The van der Waals surface area contributed by atoms with Crippen LogP contribution in [0, 0.1) is 0 Å². The molecule has 4 heterocycles. The number of urea groups is 1. The summed E-state index contributed by atoms with van der Waals surface area (Å²) in [5.74, 6) is 2.08. The molecule has 3 aromatic heterocycles. The first kappa shape index (κ1) is 28.0. The van der Waals surface area contributed by atoms with Gasteiger partial charge in [-0.1, -0.05) is 24.3 Å². The van der Waals surface area contributed by atoms with Gasteiger partial charge in [0.1, 0.15) is 12.1 Å². The van der Waals surface area contributed by atoms with E-state index in [4.69, 9.17) is 4.98 Å². The number of piperazine rings is 1. The maximum Gasteiger partial charge on any atom is 0.321 e. The van der Waals surface area contributed by atoms with Crippen molar-refractivity contribution < 1.29 is 4.79 Å². The minimum atomic E-state index is -0.0665. The van der Waals surface area contributed by atoms with E-state index in [1.165, 1.54) is 0 Å². The first-order valence-electron chi connectivity index (χ1n) is 14.3. The molecule has 2 N–H and O–H groups in total. The Morgan fingerprint density at radius 3 is 2.65 bits per heavy atom. The van der Waals surface area contributed by atoms with Crippen LogP contribution in [-0.4, -0.2) is 98.9 Å². The van der Waals surface area contributed by atoms with E-state index in [9.17, 15) is 4.79 Å². The van der Waals surface area contributed by atoms with Gasteiger partial charge in [-0.25, -0.2) is 14.8 Å². The fourth-order valence-electron chi connectivity index (χ4n) is 5.16. The van der Waals surface area contributed by atoms with Crippen molar-refractivity contribution in [2.45, 2.75) is 12.5 Å². The summed E-state index contributed by atoms with van der Waals surface area (Å²) in [6.07, 6.45) is 4.36. The van der Waals surface area contributed by atoms with Gasteiger partial charge in [0.15, 0.2) is 5.82 Å². The molecule has 2 amide bonds. The van der Waals surface area contributed by atoms with Gasteiger partial charge >= 0.3 is 6.03 Å². The molecule has 220 valence electrons. The number of benzene rings is 2. The van der Waals surface area contributed by atoms with Crippen molar-refractivity contribution in [3.63, 3.8) is 0 Å². The topological polar surface area (TPSA) is 120 Å². The molecule has 1 saturated heterocycles. The lowest BCUT2D eigenvalue weighted by atomic mass is 10.1. The highest BCUT2D eigenvalue weighted by atomic mass is 16.2. The van der Waals surface area contributed by atoms with Gasteiger partial charge in [-0.15, -0.1) is 10.2 Å². The van der Waals surface area contributed by atoms with Gasteiger partial charge in [0.05, 0.1) is 16.7 Å². The van der Waals surface area contributed by atoms with Gasteiger partial charge in [-0.3, -0.25) is 9.47 Å². The molecule has 5 aromatic rings. The predicted molar refractivity (Wildman–Crippen MR) is 169 cm³/mol. The van der Waals surface area contributed by atoms with Crippen LogP contribution in [0.2, 0.25) is 0 Å². The number of rotatable bonds is 8. The second-order valence-corrected chi connectivity index (χ2v) is 10.8. The standard InChI is InChI=1S/C31H35N11O/c1-39(2)29-12-10-25(37-38-29)22-9-11-27-26(19-22)34-21-42(27)28-14-16-33-30(36-28)32-15-13-24-20-41(18-17-40(24)3)31(43)35-23-7-5-4-6-8-23/h4-12,14,16,19,21,24H,13,15,17-18,20H2,1-3H3,(H,35,43)(H,32,33,36). The van der Waals surface area contributed by atoms with Gasteiger partial charge in [0.2, 0.25) is 5.95 Å². The maximum atomic E-state index is 12.8. The van der Waals surface area contributed by atoms with Crippen molar-refractivity contribution in [3.05, 3.63) is 79.3 Å². The van der Waals surface area contributed by atoms with Crippen LogP contribution in [0.1, 0.15) is 6.42 Å². The normalized spacial score (nSPS) is 15.4. The molecule has 6 rings (SSSR count). The average molecular weight is 578 g/mol. The second-order valence-electron chi connectivity index (χ2n) is 10.8.